The number of aryl methyl sites for hydroxylation is 1. The molecule has 0 spiro atoms. The number of rotatable bonds is 6. The summed E-state index contributed by atoms with van der Waals surface area (Å²) in [5, 5.41) is 3.54. The molecule has 1 aromatic carbocycles. The SMILES string of the molecule is Cc1ccncc1CNC(C)c1cccc(OC(C)C)c1. The van der Waals surface area contributed by atoms with E-state index < -0.39 is 0 Å². The third-order valence-corrected chi connectivity index (χ3v) is 3.48. The highest BCUT2D eigenvalue weighted by Crippen LogP contribution is 2.20. The fraction of sp³-hybridized carbons (Fsp3) is 0.389. The van der Waals surface area contributed by atoms with Crippen LogP contribution in [0, 0.1) is 6.92 Å². The quantitative estimate of drug-likeness (QED) is 0.869. The molecule has 0 radical (unpaired) electrons. The predicted molar refractivity (Wildman–Crippen MR) is 86.4 cm³/mol. The second-order valence-corrected chi connectivity index (χ2v) is 5.64. The molecule has 0 aliphatic rings. The maximum Gasteiger partial charge on any atom is 0.120 e. The summed E-state index contributed by atoms with van der Waals surface area (Å²) < 4.78 is 5.75. The zero-order chi connectivity index (χ0) is 15.2. The lowest BCUT2D eigenvalue weighted by Gasteiger charge is -2.17. The summed E-state index contributed by atoms with van der Waals surface area (Å²) in [4.78, 5) is 4.18. The van der Waals surface area contributed by atoms with Gasteiger partial charge in [0.05, 0.1) is 6.10 Å². The minimum atomic E-state index is 0.196. The van der Waals surface area contributed by atoms with Crippen LogP contribution in [0.3, 0.4) is 0 Å². The van der Waals surface area contributed by atoms with Crippen molar-refractivity contribution in [3.63, 3.8) is 0 Å². The Hall–Kier alpha value is -1.87. The second-order valence-electron chi connectivity index (χ2n) is 5.64. The van der Waals surface area contributed by atoms with Crippen molar-refractivity contribution in [3.05, 3.63) is 59.4 Å². The smallest absolute Gasteiger partial charge is 0.120 e. The lowest BCUT2D eigenvalue weighted by molar-refractivity contribution is 0.242. The van der Waals surface area contributed by atoms with E-state index in [4.69, 9.17) is 4.74 Å². The molecule has 0 saturated heterocycles. The van der Waals surface area contributed by atoms with Crippen LogP contribution in [0.1, 0.15) is 43.5 Å². The van der Waals surface area contributed by atoms with Gasteiger partial charge in [0.1, 0.15) is 5.75 Å². The Bertz CT molecular complexity index is 581. The molecule has 2 rings (SSSR count). The largest absolute Gasteiger partial charge is 0.491 e. The van der Waals surface area contributed by atoms with Crippen molar-refractivity contribution in [2.75, 3.05) is 0 Å². The minimum Gasteiger partial charge on any atom is -0.491 e. The van der Waals surface area contributed by atoms with Crippen LogP contribution >= 0.6 is 0 Å². The molecule has 2 aromatic rings. The number of ether oxygens (including phenoxy) is 1. The molecule has 0 aliphatic heterocycles. The summed E-state index contributed by atoms with van der Waals surface area (Å²) in [5.74, 6) is 0.925. The lowest BCUT2D eigenvalue weighted by atomic mass is 10.1. The zero-order valence-corrected chi connectivity index (χ0v) is 13.3. The highest BCUT2D eigenvalue weighted by atomic mass is 16.5. The fourth-order valence-corrected chi connectivity index (χ4v) is 2.19. The standard InChI is InChI=1S/C18H24N2O/c1-13(2)21-18-7-5-6-16(10-18)15(4)20-12-17-11-19-9-8-14(17)3/h5-11,13,15,20H,12H2,1-4H3. The van der Waals surface area contributed by atoms with Crippen molar-refractivity contribution < 1.29 is 4.74 Å². The van der Waals surface area contributed by atoms with Crippen LogP contribution in [0.5, 0.6) is 5.75 Å². The molecule has 0 saturated carbocycles. The first-order chi connectivity index (χ1) is 10.1. The monoisotopic (exact) mass is 284 g/mol. The van der Waals surface area contributed by atoms with Crippen LogP contribution < -0.4 is 10.1 Å². The topological polar surface area (TPSA) is 34.2 Å². The maximum absolute atomic E-state index is 5.75. The first-order valence-corrected chi connectivity index (χ1v) is 7.45. The summed E-state index contributed by atoms with van der Waals surface area (Å²) in [6.45, 7) is 9.18. The average molecular weight is 284 g/mol. The molecule has 1 aromatic heterocycles. The molecular formula is C18H24N2O. The average Bonchev–Trinajstić information content (AvgIpc) is 2.45. The third kappa shape index (κ3) is 4.57. The molecule has 3 heteroatoms. The first kappa shape index (κ1) is 15.5. The van der Waals surface area contributed by atoms with E-state index in [1.807, 2.05) is 44.4 Å². The van der Waals surface area contributed by atoms with Crippen molar-refractivity contribution in [1.82, 2.24) is 10.3 Å². The van der Waals surface area contributed by atoms with E-state index in [1.165, 1.54) is 16.7 Å². The molecule has 1 N–H and O–H groups in total. The van der Waals surface area contributed by atoms with E-state index in [0.29, 0.717) is 0 Å². The summed E-state index contributed by atoms with van der Waals surface area (Å²) in [7, 11) is 0. The molecule has 21 heavy (non-hydrogen) atoms. The van der Waals surface area contributed by atoms with Crippen molar-refractivity contribution in [1.29, 1.82) is 0 Å². The lowest BCUT2D eigenvalue weighted by Crippen LogP contribution is -2.19. The fourth-order valence-electron chi connectivity index (χ4n) is 2.19. The Kier molecular flexibility index (Phi) is 5.34. The van der Waals surface area contributed by atoms with E-state index in [0.717, 1.165) is 12.3 Å². The number of nitrogens with zero attached hydrogens (tertiary/aromatic N) is 1. The number of hydrogen-bond donors (Lipinski definition) is 1. The first-order valence-electron chi connectivity index (χ1n) is 7.45. The van der Waals surface area contributed by atoms with Gasteiger partial charge in [0.15, 0.2) is 0 Å². The normalized spacial score (nSPS) is 12.4. The van der Waals surface area contributed by atoms with Gasteiger partial charge in [-0.2, -0.15) is 0 Å². The Morgan fingerprint density at radius 2 is 2.00 bits per heavy atom. The number of aromatic nitrogens is 1. The van der Waals surface area contributed by atoms with Gasteiger partial charge in [-0.15, -0.1) is 0 Å². The summed E-state index contributed by atoms with van der Waals surface area (Å²) in [6, 6.07) is 10.6. The van der Waals surface area contributed by atoms with Crippen LogP contribution in [-0.2, 0) is 6.54 Å². The van der Waals surface area contributed by atoms with E-state index in [-0.39, 0.29) is 12.1 Å². The van der Waals surface area contributed by atoms with Crippen LogP contribution in [0.2, 0.25) is 0 Å². The minimum absolute atomic E-state index is 0.196. The predicted octanol–water partition coefficient (Wildman–Crippen LogP) is 4.03. The molecule has 1 atom stereocenters. The Morgan fingerprint density at radius 1 is 1.19 bits per heavy atom. The second kappa shape index (κ2) is 7.23. The Balaban J connectivity index is 2.00. The van der Waals surface area contributed by atoms with E-state index >= 15 is 0 Å². The van der Waals surface area contributed by atoms with Gasteiger partial charge < -0.3 is 10.1 Å². The van der Waals surface area contributed by atoms with Gasteiger partial charge in [0, 0.05) is 25.0 Å². The zero-order valence-electron chi connectivity index (χ0n) is 13.3. The highest BCUT2D eigenvalue weighted by molar-refractivity contribution is 5.30. The van der Waals surface area contributed by atoms with Gasteiger partial charge in [-0.05, 0) is 62.6 Å². The Morgan fingerprint density at radius 3 is 2.71 bits per heavy atom. The third-order valence-electron chi connectivity index (χ3n) is 3.48. The van der Waals surface area contributed by atoms with Gasteiger partial charge >= 0.3 is 0 Å². The molecule has 1 heterocycles. The van der Waals surface area contributed by atoms with Gasteiger partial charge in [0.2, 0.25) is 0 Å². The Labute approximate surface area is 127 Å². The van der Waals surface area contributed by atoms with Gasteiger partial charge in [-0.3, -0.25) is 4.98 Å². The summed E-state index contributed by atoms with van der Waals surface area (Å²) >= 11 is 0. The number of hydrogen-bond acceptors (Lipinski definition) is 3. The van der Waals surface area contributed by atoms with Crippen molar-refractivity contribution in [2.24, 2.45) is 0 Å². The molecule has 112 valence electrons. The van der Waals surface area contributed by atoms with E-state index in [2.05, 4.69) is 36.3 Å². The molecule has 3 nitrogen and oxygen atoms in total. The molecular weight excluding hydrogens is 260 g/mol. The van der Waals surface area contributed by atoms with Crippen molar-refractivity contribution >= 4 is 0 Å². The highest BCUT2D eigenvalue weighted by Gasteiger charge is 2.07. The van der Waals surface area contributed by atoms with E-state index in [1.54, 1.807) is 0 Å². The van der Waals surface area contributed by atoms with Crippen molar-refractivity contribution in [2.45, 2.75) is 46.4 Å². The molecule has 1 unspecified atom stereocenters. The molecule has 0 amide bonds. The molecule has 0 fully saturated rings. The van der Waals surface area contributed by atoms with Crippen LogP contribution in [0.15, 0.2) is 42.7 Å². The number of benzene rings is 1. The number of pyridine rings is 1. The van der Waals surface area contributed by atoms with Gasteiger partial charge in [-0.1, -0.05) is 12.1 Å². The van der Waals surface area contributed by atoms with Crippen LogP contribution in [-0.4, -0.2) is 11.1 Å². The number of nitrogens with one attached hydrogen (secondary N) is 1. The van der Waals surface area contributed by atoms with E-state index in [9.17, 15) is 0 Å². The van der Waals surface area contributed by atoms with Gasteiger partial charge in [-0.25, -0.2) is 0 Å². The molecule has 0 aliphatic carbocycles. The molecule has 0 bridgehead atoms. The maximum atomic E-state index is 5.75. The van der Waals surface area contributed by atoms with Crippen LogP contribution in [0.4, 0.5) is 0 Å². The van der Waals surface area contributed by atoms with Crippen LogP contribution in [0.25, 0.3) is 0 Å². The summed E-state index contributed by atoms with van der Waals surface area (Å²) in [5.41, 5.74) is 3.73. The van der Waals surface area contributed by atoms with Crippen molar-refractivity contribution in [3.8, 4) is 5.75 Å². The van der Waals surface area contributed by atoms with Gasteiger partial charge in [0.25, 0.3) is 0 Å². The summed E-state index contributed by atoms with van der Waals surface area (Å²) in [6.07, 6.45) is 3.95.